The Kier molecular flexibility index (Phi) is 3.83. The van der Waals surface area contributed by atoms with Gasteiger partial charge < -0.3 is 4.90 Å². The Labute approximate surface area is 113 Å². The van der Waals surface area contributed by atoms with E-state index < -0.39 is 29.0 Å². The zero-order valence-corrected chi connectivity index (χ0v) is 10.8. The number of halogens is 4. The van der Waals surface area contributed by atoms with Gasteiger partial charge in [0.1, 0.15) is 5.82 Å². The molecule has 0 bridgehead atoms. The van der Waals surface area contributed by atoms with E-state index in [2.05, 4.69) is 0 Å². The fourth-order valence-corrected chi connectivity index (χ4v) is 1.99. The van der Waals surface area contributed by atoms with Gasteiger partial charge in [0, 0.05) is 13.1 Å². The first-order chi connectivity index (χ1) is 9.29. The van der Waals surface area contributed by atoms with Crippen molar-refractivity contribution < 1.29 is 22.4 Å². The molecule has 1 heterocycles. The van der Waals surface area contributed by atoms with E-state index >= 15 is 0 Å². The molecule has 0 atom stereocenters. The van der Waals surface area contributed by atoms with Crippen molar-refractivity contribution in [2.45, 2.75) is 19.5 Å². The van der Waals surface area contributed by atoms with E-state index in [1.54, 1.807) is 0 Å². The lowest BCUT2D eigenvalue weighted by Crippen LogP contribution is -2.35. The quantitative estimate of drug-likeness (QED) is 0.570. The number of carbonyl (C=O) groups is 1. The molecule has 0 saturated heterocycles. The highest BCUT2D eigenvalue weighted by Gasteiger charge is 2.32. The van der Waals surface area contributed by atoms with E-state index in [-0.39, 0.29) is 0 Å². The van der Waals surface area contributed by atoms with Crippen molar-refractivity contribution in [3.8, 4) is 0 Å². The number of carbonyl (C=O) groups excluding carboxylic acids is 1. The number of alkyl halides is 3. The highest BCUT2D eigenvalue weighted by molar-refractivity contribution is 5.95. The molecule has 1 aliphatic rings. The van der Waals surface area contributed by atoms with Gasteiger partial charge in [-0.15, -0.1) is 0 Å². The minimum absolute atomic E-state index is 0.292. The lowest BCUT2D eigenvalue weighted by Gasteiger charge is -2.26. The minimum Gasteiger partial charge on any atom is -0.335 e. The molecule has 0 unspecified atom stereocenters. The highest BCUT2D eigenvalue weighted by atomic mass is 19.4. The number of nitrogens with zero attached hydrogens (tertiary/aromatic N) is 1. The third-order valence-electron chi connectivity index (χ3n) is 3.25. The molecule has 1 aliphatic heterocycles. The summed E-state index contributed by atoms with van der Waals surface area (Å²) in [5.74, 6) is -1.65. The van der Waals surface area contributed by atoms with Crippen molar-refractivity contribution in [1.82, 2.24) is 4.90 Å². The monoisotopic (exact) mass is 287 g/mol. The van der Waals surface area contributed by atoms with Crippen LogP contribution in [0.4, 0.5) is 17.6 Å². The highest BCUT2D eigenvalue weighted by Crippen LogP contribution is 2.30. The van der Waals surface area contributed by atoms with E-state index in [4.69, 9.17) is 0 Å². The van der Waals surface area contributed by atoms with Crippen LogP contribution in [0, 0.1) is 5.82 Å². The number of rotatable bonds is 1. The first-order valence-electron chi connectivity index (χ1n) is 6.10. The van der Waals surface area contributed by atoms with Gasteiger partial charge in [-0.1, -0.05) is 11.6 Å². The number of amides is 1. The zero-order chi connectivity index (χ0) is 14.9. The molecule has 1 amide bonds. The predicted octanol–water partition coefficient (Wildman–Crippen LogP) is 3.64. The summed E-state index contributed by atoms with van der Waals surface area (Å²) < 4.78 is 51.4. The SMILES string of the molecule is CC1=CCN(C(=O)c2cc(C(F)(F)F)ccc2F)CC1. The van der Waals surface area contributed by atoms with Crippen LogP contribution in [0.2, 0.25) is 0 Å². The van der Waals surface area contributed by atoms with Crippen molar-refractivity contribution in [1.29, 1.82) is 0 Å². The summed E-state index contributed by atoms with van der Waals surface area (Å²) >= 11 is 0. The van der Waals surface area contributed by atoms with E-state index in [0.717, 1.165) is 5.57 Å². The summed E-state index contributed by atoms with van der Waals surface area (Å²) in [4.78, 5) is 13.4. The van der Waals surface area contributed by atoms with Crippen molar-refractivity contribution in [2.75, 3.05) is 13.1 Å². The maximum absolute atomic E-state index is 13.6. The average molecular weight is 287 g/mol. The third kappa shape index (κ3) is 3.00. The number of hydrogen-bond acceptors (Lipinski definition) is 1. The molecule has 1 aromatic carbocycles. The van der Waals surface area contributed by atoms with E-state index in [9.17, 15) is 22.4 Å². The molecule has 0 radical (unpaired) electrons. The first kappa shape index (κ1) is 14.6. The third-order valence-corrected chi connectivity index (χ3v) is 3.25. The molecule has 2 rings (SSSR count). The van der Waals surface area contributed by atoms with Crippen LogP contribution in [0.3, 0.4) is 0 Å². The molecule has 0 saturated carbocycles. The molecule has 0 aliphatic carbocycles. The van der Waals surface area contributed by atoms with Gasteiger partial charge in [-0.25, -0.2) is 4.39 Å². The lowest BCUT2D eigenvalue weighted by molar-refractivity contribution is -0.137. The number of benzene rings is 1. The van der Waals surface area contributed by atoms with E-state index in [1.807, 2.05) is 13.0 Å². The van der Waals surface area contributed by atoms with Gasteiger partial charge in [-0.3, -0.25) is 4.79 Å². The van der Waals surface area contributed by atoms with Crippen LogP contribution >= 0.6 is 0 Å². The van der Waals surface area contributed by atoms with Crippen molar-refractivity contribution in [3.63, 3.8) is 0 Å². The van der Waals surface area contributed by atoms with Crippen molar-refractivity contribution >= 4 is 5.91 Å². The lowest BCUT2D eigenvalue weighted by atomic mass is 10.1. The van der Waals surface area contributed by atoms with Crippen LogP contribution in [0.1, 0.15) is 29.3 Å². The predicted molar refractivity (Wildman–Crippen MR) is 65.7 cm³/mol. The molecule has 6 heteroatoms. The minimum atomic E-state index is -4.60. The molecule has 2 nitrogen and oxygen atoms in total. The molecule has 1 aromatic rings. The maximum Gasteiger partial charge on any atom is 0.416 e. The Morgan fingerprint density at radius 2 is 2.00 bits per heavy atom. The molecule has 108 valence electrons. The average Bonchev–Trinajstić information content (AvgIpc) is 2.38. The number of hydrogen-bond donors (Lipinski definition) is 0. The van der Waals surface area contributed by atoms with Gasteiger partial charge in [-0.2, -0.15) is 13.2 Å². The van der Waals surface area contributed by atoms with Gasteiger partial charge in [0.05, 0.1) is 11.1 Å². The van der Waals surface area contributed by atoms with Gasteiger partial charge in [-0.05, 0) is 31.5 Å². The van der Waals surface area contributed by atoms with Crippen molar-refractivity contribution in [2.24, 2.45) is 0 Å². The van der Waals surface area contributed by atoms with Gasteiger partial charge in [0.15, 0.2) is 0 Å². The largest absolute Gasteiger partial charge is 0.416 e. The summed E-state index contributed by atoms with van der Waals surface area (Å²) in [7, 11) is 0. The fraction of sp³-hybridized carbons (Fsp3) is 0.357. The molecule has 0 fully saturated rings. The van der Waals surface area contributed by atoms with Gasteiger partial charge >= 0.3 is 6.18 Å². The Hall–Kier alpha value is -1.85. The maximum atomic E-state index is 13.6. The van der Waals surface area contributed by atoms with Crippen LogP contribution in [0.5, 0.6) is 0 Å². The Morgan fingerprint density at radius 1 is 1.30 bits per heavy atom. The van der Waals surface area contributed by atoms with E-state index in [1.165, 1.54) is 4.90 Å². The zero-order valence-electron chi connectivity index (χ0n) is 10.8. The summed E-state index contributed by atoms with van der Waals surface area (Å²) in [5, 5.41) is 0. The smallest absolute Gasteiger partial charge is 0.335 e. The summed E-state index contributed by atoms with van der Waals surface area (Å²) in [6.45, 7) is 2.59. The molecule has 0 spiro atoms. The summed E-state index contributed by atoms with van der Waals surface area (Å²) in [6, 6.07) is 1.89. The Bertz CT molecular complexity index is 563. The van der Waals surface area contributed by atoms with Crippen LogP contribution < -0.4 is 0 Å². The molecular formula is C14H13F4NO. The van der Waals surface area contributed by atoms with Crippen LogP contribution in [-0.4, -0.2) is 23.9 Å². The molecule has 0 aromatic heterocycles. The first-order valence-corrected chi connectivity index (χ1v) is 6.10. The van der Waals surface area contributed by atoms with Gasteiger partial charge in [0.2, 0.25) is 0 Å². The second kappa shape index (κ2) is 5.26. The molecule has 20 heavy (non-hydrogen) atoms. The van der Waals surface area contributed by atoms with Crippen LogP contribution in [-0.2, 0) is 6.18 Å². The van der Waals surface area contributed by atoms with E-state index in [0.29, 0.717) is 37.7 Å². The fourth-order valence-electron chi connectivity index (χ4n) is 1.99. The topological polar surface area (TPSA) is 20.3 Å². The van der Waals surface area contributed by atoms with Crippen molar-refractivity contribution in [3.05, 3.63) is 46.8 Å². The molecular weight excluding hydrogens is 274 g/mol. The summed E-state index contributed by atoms with van der Waals surface area (Å²) in [6.07, 6.45) is -2.14. The molecule has 0 N–H and O–H groups in total. The second-order valence-corrected chi connectivity index (χ2v) is 4.74. The summed E-state index contributed by atoms with van der Waals surface area (Å²) in [5.41, 5.74) is -0.447. The standard InChI is InChI=1S/C14H13F4NO/c1-9-4-6-19(7-5-9)13(20)11-8-10(14(16,17)18)2-3-12(11)15/h2-4,8H,5-7H2,1H3. The second-order valence-electron chi connectivity index (χ2n) is 4.74. The normalized spacial score (nSPS) is 16.1. The van der Waals surface area contributed by atoms with Gasteiger partial charge in [0.25, 0.3) is 5.91 Å². The Balaban J connectivity index is 2.30. The van der Waals surface area contributed by atoms with Crippen LogP contribution in [0.15, 0.2) is 29.8 Å². The van der Waals surface area contributed by atoms with Crippen LogP contribution in [0.25, 0.3) is 0 Å². The Morgan fingerprint density at radius 3 is 2.55 bits per heavy atom.